The second-order valence-corrected chi connectivity index (χ2v) is 0.958. The Balaban J connectivity index is 2.68. The van der Waals surface area contributed by atoms with Crippen LogP contribution in [0, 0.1) is 5.21 Å². The molecular formula is C2H8N3O2-. The molecule has 0 unspecified atom stereocenters. The fraction of sp³-hybridized carbons (Fsp3) is 1.00. The quantitative estimate of drug-likeness (QED) is 0.291. The van der Waals surface area contributed by atoms with Crippen molar-refractivity contribution >= 4 is 0 Å². The van der Waals surface area contributed by atoms with Gasteiger partial charge in [0.15, 0.2) is 0 Å². The van der Waals surface area contributed by atoms with E-state index in [0.29, 0.717) is 0 Å². The van der Waals surface area contributed by atoms with Crippen molar-refractivity contribution in [2.75, 3.05) is 13.2 Å². The zero-order chi connectivity index (χ0) is 5.70. The Morgan fingerprint density at radius 3 is 2.57 bits per heavy atom. The summed E-state index contributed by atoms with van der Waals surface area (Å²) >= 11 is 0. The van der Waals surface area contributed by atoms with Crippen molar-refractivity contribution < 1.29 is 5.11 Å². The SMILES string of the molecule is NN([O-])NCCO. The first-order valence-electron chi connectivity index (χ1n) is 1.83. The highest BCUT2D eigenvalue weighted by Gasteiger charge is 1.75. The van der Waals surface area contributed by atoms with Gasteiger partial charge in [-0.25, -0.2) is 0 Å². The van der Waals surface area contributed by atoms with E-state index in [4.69, 9.17) is 5.11 Å². The summed E-state index contributed by atoms with van der Waals surface area (Å²) in [5.74, 6) is 4.53. The van der Waals surface area contributed by atoms with Gasteiger partial charge in [0.25, 0.3) is 0 Å². The molecule has 0 aliphatic rings. The summed E-state index contributed by atoms with van der Waals surface area (Å²) in [4.78, 5) is 0. The normalized spacial score (nSPS) is 10.3. The molecule has 0 amide bonds. The first kappa shape index (κ1) is 6.80. The van der Waals surface area contributed by atoms with E-state index in [1.54, 1.807) is 0 Å². The molecule has 0 atom stereocenters. The molecule has 0 aliphatic heterocycles. The molecule has 5 nitrogen and oxygen atoms in total. The lowest BCUT2D eigenvalue weighted by Crippen LogP contribution is -2.39. The lowest BCUT2D eigenvalue weighted by molar-refractivity contribution is 0.221. The molecule has 0 aromatic carbocycles. The molecule has 0 aliphatic carbocycles. The third-order valence-electron chi connectivity index (χ3n) is 0.379. The van der Waals surface area contributed by atoms with Crippen molar-refractivity contribution in [1.82, 2.24) is 10.7 Å². The molecule has 0 aromatic rings. The third-order valence-corrected chi connectivity index (χ3v) is 0.379. The summed E-state index contributed by atoms with van der Waals surface area (Å²) in [5.41, 5.74) is 2.10. The van der Waals surface area contributed by atoms with Gasteiger partial charge in [-0.3, -0.25) is 16.5 Å². The summed E-state index contributed by atoms with van der Waals surface area (Å²) in [7, 11) is 0. The van der Waals surface area contributed by atoms with Gasteiger partial charge in [0, 0.05) is 6.54 Å². The van der Waals surface area contributed by atoms with Crippen LogP contribution in [0.1, 0.15) is 0 Å². The Kier molecular flexibility index (Phi) is 3.86. The maximum absolute atomic E-state index is 9.67. The molecule has 0 heterocycles. The number of hydrogen-bond donors (Lipinski definition) is 3. The zero-order valence-corrected chi connectivity index (χ0v) is 3.79. The van der Waals surface area contributed by atoms with Crippen LogP contribution < -0.4 is 11.3 Å². The topological polar surface area (TPSA) is 84.6 Å². The first-order chi connectivity index (χ1) is 3.27. The first-order valence-corrected chi connectivity index (χ1v) is 1.83. The monoisotopic (exact) mass is 106 g/mol. The molecule has 0 bridgehead atoms. The third kappa shape index (κ3) is 5.80. The van der Waals surface area contributed by atoms with Gasteiger partial charge in [-0.2, -0.15) is 0 Å². The smallest absolute Gasteiger partial charge is 0.0570 e. The zero-order valence-electron chi connectivity index (χ0n) is 3.79. The fourth-order valence-corrected chi connectivity index (χ4v) is 0.160. The van der Waals surface area contributed by atoms with Gasteiger partial charge in [0.1, 0.15) is 0 Å². The van der Waals surface area contributed by atoms with Gasteiger partial charge in [0.2, 0.25) is 0 Å². The van der Waals surface area contributed by atoms with Crippen LogP contribution in [0.3, 0.4) is 0 Å². The standard InChI is InChI=1S/C2H8N3O2/c3-5(7)4-1-2-6/h4,6H,1-3H2/q-1. The molecule has 7 heavy (non-hydrogen) atoms. The molecule has 0 saturated carbocycles. The molecule has 0 rings (SSSR count). The van der Waals surface area contributed by atoms with Gasteiger partial charge < -0.3 is 10.3 Å². The minimum absolute atomic E-state index is 0.0518. The van der Waals surface area contributed by atoms with Gasteiger partial charge in [0.05, 0.1) is 6.61 Å². The highest BCUT2D eigenvalue weighted by Crippen LogP contribution is 1.56. The van der Waals surface area contributed by atoms with E-state index in [1.165, 1.54) is 0 Å². The summed E-state index contributed by atoms with van der Waals surface area (Å²) in [6, 6.07) is 0. The number of aliphatic hydroxyl groups excluding tert-OH is 1. The Labute approximate surface area is 41.2 Å². The van der Waals surface area contributed by atoms with Gasteiger partial charge in [-0.05, 0) is 0 Å². The predicted molar refractivity (Wildman–Crippen MR) is 24.5 cm³/mol. The average Bonchev–Trinajstić information content (AvgIpc) is 1.61. The molecule has 0 fully saturated rings. The number of aliphatic hydroxyl groups is 1. The lowest BCUT2D eigenvalue weighted by Gasteiger charge is -2.20. The van der Waals surface area contributed by atoms with E-state index in [-0.39, 0.29) is 18.4 Å². The second-order valence-electron chi connectivity index (χ2n) is 0.958. The fourth-order valence-electron chi connectivity index (χ4n) is 0.160. The molecular weight excluding hydrogens is 98.0 g/mol. The number of nitrogens with one attached hydrogen (secondary N) is 1. The van der Waals surface area contributed by atoms with Crippen LogP contribution in [-0.4, -0.2) is 23.5 Å². The van der Waals surface area contributed by atoms with Gasteiger partial charge in [-0.1, -0.05) is 0 Å². The molecule has 0 saturated heterocycles. The lowest BCUT2D eigenvalue weighted by atomic mass is 10.7. The number of rotatable bonds is 3. The van der Waals surface area contributed by atoms with E-state index in [2.05, 4.69) is 11.3 Å². The number of hydrogen-bond acceptors (Lipinski definition) is 5. The van der Waals surface area contributed by atoms with Gasteiger partial charge in [-0.15, -0.1) is 0 Å². The largest absolute Gasteiger partial charge is 0.758 e. The van der Waals surface area contributed by atoms with Gasteiger partial charge >= 0.3 is 0 Å². The maximum Gasteiger partial charge on any atom is 0.0570 e. The van der Waals surface area contributed by atoms with Crippen molar-refractivity contribution in [2.45, 2.75) is 0 Å². The Morgan fingerprint density at radius 2 is 2.43 bits per heavy atom. The summed E-state index contributed by atoms with van der Waals surface area (Å²) in [6.07, 6.45) is 0. The van der Waals surface area contributed by atoms with Crippen molar-refractivity contribution in [1.29, 1.82) is 0 Å². The highest BCUT2D eigenvalue weighted by atomic mass is 16.6. The van der Waals surface area contributed by atoms with E-state index in [0.717, 1.165) is 0 Å². The van der Waals surface area contributed by atoms with Crippen LogP contribution >= 0.6 is 0 Å². The highest BCUT2D eigenvalue weighted by molar-refractivity contribution is 4.35. The molecule has 5 heteroatoms. The van der Waals surface area contributed by atoms with Crippen LogP contribution in [0.2, 0.25) is 0 Å². The molecule has 44 valence electrons. The van der Waals surface area contributed by atoms with Crippen LogP contribution in [0.15, 0.2) is 0 Å². The van der Waals surface area contributed by atoms with E-state index in [1.807, 2.05) is 0 Å². The van der Waals surface area contributed by atoms with E-state index < -0.39 is 0 Å². The molecule has 0 aromatic heterocycles. The number of nitrogens with two attached hydrogens (primary N) is 1. The van der Waals surface area contributed by atoms with Crippen molar-refractivity contribution in [3.05, 3.63) is 5.21 Å². The summed E-state index contributed by atoms with van der Waals surface area (Å²) in [6.45, 7) is 0.107. The predicted octanol–water partition coefficient (Wildman–Crippen LogP) is -1.84. The summed E-state index contributed by atoms with van der Waals surface area (Å²) in [5, 5.41) is 17.8. The molecule has 4 N–H and O–H groups in total. The summed E-state index contributed by atoms with van der Waals surface area (Å²) < 4.78 is 0. The van der Waals surface area contributed by atoms with Crippen molar-refractivity contribution in [2.24, 2.45) is 5.84 Å². The van der Waals surface area contributed by atoms with Crippen LogP contribution in [-0.2, 0) is 0 Å². The minimum Gasteiger partial charge on any atom is -0.758 e. The Morgan fingerprint density at radius 1 is 1.86 bits per heavy atom. The van der Waals surface area contributed by atoms with E-state index in [9.17, 15) is 5.21 Å². The van der Waals surface area contributed by atoms with Crippen LogP contribution in [0.5, 0.6) is 0 Å². The van der Waals surface area contributed by atoms with Crippen LogP contribution in [0.25, 0.3) is 0 Å². The average molecular weight is 106 g/mol. The minimum atomic E-state index is -0.0874. The molecule has 0 radical (unpaired) electrons. The van der Waals surface area contributed by atoms with Crippen LogP contribution in [0.4, 0.5) is 0 Å². The Hall–Kier alpha value is -0.200. The van der Waals surface area contributed by atoms with Crippen molar-refractivity contribution in [3.63, 3.8) is 0 Å². The molecule has 0 spiro atoms. The van der Waals surface area contributed by atoms with Crippen molar-refractivity contribution in [3.8, 4) is 0 Å². The maximum atomic E-state index is 9.67. The number of nitrogens with zero attached hydrogens (tertiary/aromatic N) is 1. The second kappa shape index (κ2) is 3.97. The number of hydrazine groups is 2. The Bertz CT molecular complexity index is 39.9. The van der Waals surface area contributed by atoms with E-state index >= 15 is 0 Å².